The van der Waals surface area contributed by atoms with Gasteiger partial charge in [0.05, 0.1) is 19.8 Å². The van der Waals surface area contributed by atoms with Crippen LogP contribution in [0, 0.1) is 6.92 Å². The summed E-state index contributed by atoms with van der Waals surface area (Å²) in [7, 11) is 0. The molecule has 1 aliphatic rings. The van der Waals surface area contributed by atoms with Gasteiger partial charge in [-0.15, -0.1) is 0 Å². The van der Waals surface area contributed by atoms with Gasteiger partial charge < -0.3 is 14.2 Å². The predicted molar refractivity (Wildman–Crippen MR) is 70.8 cm³/mol. The first-order valence-electron chi connectivity index (χ1n) is 6.73. The summed E-state index contributed by atoms with van der Waals surface area (Å²) < 4.78 is 17.3. The highest BCUT2D eigenvalue weighted by molar-refractivity contribution is 5.37. The molecule has 3 nitrogen and oxygen atoms in total. The summed E-state index contributed by atoms with van der Waals surface area (Å²) in [5.74, 6) is 0.368. The Labute approximate surface area is 109 Å². The Balaban J connectivity index is 2.30. The molecule has 2 rings (SSSR count). The van der Waals surface area contributed by atoms with E-state index in [0.717, 1.165) is 29.7 Å². The highest BCUT2D eigenvalue weighted by Gasteiger charge is 2.38. The van der Waals surface area contributed by atoms with E-state index < -0.39 is 5.79 Å². The molecule has 0 bridgehead atoms. The van der Waals surface area contributed by atoms with Crippen molar-refractivity contribution >= 4 is 0 Å². The third-order valence-corrected chi connectivity index (χ3v) is 3.25. The Morgan fingerprint density at radius 2 is 1.94 bits per heavy atom. The molecule has 0 atom stereocenters. The van der Waals surface area contributed by atoms with Gasteiger partial charge in [0, 0.05) is 12.0 Å². The number of benzene rings is 1. The van der Waals surface area contributed by atoms with Crippen LogP contribution in [0.15, 0.2) is 18.2 Å². The highest BCUT2D eigenvalue weighted by Crippen LogP contribution is 2.38. The van der Waals surface area contributed by atoms with E-state index in [0.29, 0.717) is 19.8 Å². The number of hydrogen-bond donors (Lipinski definition) is 0. The zero-order valence-corrected chi connectivity index (χ0v) is 11.5. The SMILES string of the molecule is CCCC1(c2ccc(OCC)cc2C)OCCO1. The summed E-state index contributed by atoms with van der Waals surface area (Å²) in [6, 6.07) is 6.12. The monoisotopic (exact) mass is 250 g/mol. The molecule has 1 aromatic rings. The zero-order chi connectivity index (χ0) is 13.0. The van der Waals surface area contributed by atoms with Crippen molar-refractivity contribution in [1.29, 1.82) is 0 Å². The van der Waals surface area contributed by atoms with Crippen LogP contribution in [0.3, 0.4) is 0 Å². The van der Waals surface area contributed by atoms with Gasteiger partial charge in [-0.1, -0.05) is 13.3 Å². The number of hydrogen-bond acceptors (Lipinski definition) is 3. The average Bonchev–Trinajstić information content (AvgIpc) is 2.79. The second kappa shape index (κ2) is 5.72. The van der Waals surface area contributed by atoms with E-state index in [4.69, 9.17) is 14.2 Å². The van der Waals surface area contributed by atoms with Crippen molar-refractivity contribution in [2.45, 2.75) is 39.4 Å². The van der Waals surface area contributed by atoms with Crippen molar-refractivity contribution in [3.8, 4) is 5.75 Å². The van der Waals surface area contributed by atoms with Crippen LogP contribution in [0.25, 0.3) is 0 Å². The van der Waals surface area contributed by atoms with Crippen LogP contribution < -0.4 is 4.74 Å². The summed E-state index contributed by atoms with van der Waals surface area (Å²) in [4.78, 5) is 0. The smallest absolute Gasteiger partial charge is 0.195 e. The first-order chi connectivity index (χ1) is 8.72. The molecule has 1 heterocycles. The minimum atomic E-state index is -0.538. The Hall–Kier alpha value is -1.06. The normalized spacial score (nSPS) is 17.9. The molecule has 3 heteroatoms. The van der Waals surface area contributed by atoms with Crippen molar-refractivity contribution in [1.82, 2.24) is 0 Å². The van der Waals surface area contributed by atoms with Crippen LogP contribution >= 0.6 is 0 Å². The fraction of sp³-hybridized carbons (Fsp3) is 0.600. The molecular weight excluding hydrogens is 228 g/mol. The molecule has 1 saturated heterocycles. The highest BCUT2D eigenvalue weighted by atomic mass is 16.7. The van der Waals surface area contributed by atoms with Gasteiger partial charge in [0.2, 0.25) is 0 Å². The number of ether oxygens (including phenoxy) is 3. The van der Waals surface area contributed by atoms with Gasteiger partial charge in [-0.3, -0.25) is 0 Å². The first kappa shape index (κ1) is 13.4. The number of rotatable bonds is 5. The quantitative estimate of drug-likeness (QED) is 0.801. The molecule has 0 unspecified atom stereocenters. The third-order valence-electron chi connectivity index (χ3n) is 3.25. The van der Waals surface area contributed by atoms with Crippen LogP contribution in [0.4, 0.5) is 0 Å². The van der Waals surface area contributed by atoms with E-state index in [1.165, 1.54) is 0 Å². The second-order valence-corrected chi connectivity index (χ2v) is 4.61. The molecule has 0 saturated carbocycles. The largest absolute Gasteiger partial charge is 0.494 e. The summed E-state index contributed by atoms with van der Waals surface area (Å²) in [6.45, 7) is 8.26. The van der Waals surface area contributed by atoms with Crippen molar-refractivity contribution in [2.75, 3.05) is 19.8 Å². The van der Waals surface area contributed by atoms with Crippen LogP contribution in [0.5, 0.6) is 5.75 Å². The molecule has 0 radical (unpaired) electrons. The summed E-state index contributed by atoms with van der Waals surface area (Å²) >= 11 is 0. The molecular formula is C15H22O3. The minimum Gasteiger partial charge on any atom is -0.494 e. The van der Waals surface area contributed by atoms with Gasteiger partial charge >= 0.3 is 0 Å². The molecule has 0 spiro atoms. The van der Waals surface area contributed by atoms with Crippen molar-refractivity contribution in [2.24, 2.45) is 0 Å². The minimum absolute atomic E-state index is 0.538. The lowest BCUT2D eigenvalue weighted by Gasteiger charge is -2.29. The fourth-order valence-electron chi connectivity index (χ4n) is 2.54. The van der Waals surface area contributed by atoms with Gasteiger partial charge in [-0.05, 0) is 37.6 Å². The summed E-state index contributed by atoms with van der Waals surface area (Å²) in [6.07, 6.45) is 1.93. The predicted octanol–water partition coefficient (Wildman–Crippen LogP) is 3.39. The van der Waals surface area contributed by atoms with Crippen LogP contribution in [-0.2, 0) is 15.3 Å². The lowest BCUT2D eigenvalue weighted by molar-refractivity contribution is -0.171. The Kier molecular flexibility index (Phi) is 4.25. The second-order valence-electron chi connectivity index (χ2n) is 4.61. The molecule has 0 N–H and O–H groups in total. The van der Waals surface area contributed by atoms with Crippen molar-refractivity contribution < 1.29 is 14.2 Å². The first-order valence-corrected chi connectivity index (χ1v) is 6.73. The Morgan fingerprint density at radius 1 is 1.22 bits per heavy atom. The van der Waals surface area contributed by atoms with Crippen molar-refractivity contribution in [3.05, 3.63) is 29.3 Å². The maximum atomic E-state index is 5.88. The van der Waals surface area contributed by atoms with E-state index in [1.807, 2.05) is 13.0 Å². The summed E-state index contributed by atoms with van der Waals surface area (Å²) in [5.41, 5.74) is 2.29. The maximum Gasteiger partial charge on any atom is 0.195 e. The maximum absolute atomic E-state index is 5.88. The van der Waals surface area contributed by atoms with E-state index in [9.17, 15) is 0 Å². The Bertz CT molecular complexity index is 395. The standard InChI is InChI=1S/C15H22O3/c1-4-8-15(17-9-10-18-15)14-7-6-13(16-5-2)11-12(14)3/h6-7,11H,4-5,8-10H2,1-3H3. The zero-order valence-electron chi connectivity index (χ0n) is 11.5. The number of aryl methyl sites for hydroxylation is 1. The molecule has 0 amide bonds. The molecule has 0 aliphatic carbocycles. The molecule has 0 aromatic heterocycles. The van der Waals surface area contributed by atoms with Gasteiger partial charge in [-0.25, -0.2) is 0 Å². The lowest BCUT2D eigenvalue weighted by atomic mass is 9.96. The van der Waals surface area contributed by atoms with E-state index in [-0.39, 0.29) is 0 Å². The van der Waals surface area contributed by atoms with Gasteiger partial charge in [0.15, 0.2) is 5.79 Å². The molecule has 100 valence electrons. The Morgan fingerprint density at radius 3 is 2.50 bits per heavy atom. The molecule has 1 aromatic carbocycles. The molecule has 18 heavy (non-hydrogen) atoms. The van der Waals surface area contributed by atoms with E-state index in [2.05, 4.69) is 26.0 Å². The topological polar surface area (TPSA) is 27.7 Å². The van der Waals surface area contributed by atoms with Gasteiger partial charge in [-0.2, -0.15) is 0 Å². The average molecular weight is 250 g/mol. The van der Waals surface area contributed by atoms with E-state index >= 15 is 0 Å². The van der Waals surface area contributed by atoms with Crippen LogP contribution in [0.1, 0.15) is 37.8 Å². The molecule has 1 fully saturated rings. The van der Waals surface area contributed by atoms with E-state index in [1.54, 1.807) is 0 Å². The van der Waals surface area contributed by atoms with Gasteiger partial charge in [0.1, 0.15) is 5.75 Å². The lowest BCUT2D eigenvalue weighted by Crippen LogP contribution is -2.27. The molecule has 1 aliphatic heterocycles. The summed E-state index contributed by atoms with van der Waals surface area (Å²) in [5, 5.41) is 0. The van der Waals surface area contributed by atoms with Crippen LogP contribution in [0.2, 0.25) is 0 Å². The van der Waals surface area contributed by atoms with Crippen molar-refractivity contribution in [3.63, 3.8) is 0 Å². The fourth-order valence-corrected chi connectivity index (χ4v) is 2.54. The van der Waals surface area contributed by atoms with Crippen LogP contribution in [-0.4, -0.2) is 19.8 Å². The third kappa shape index (κ3) is 2.52. The van der Waals surface area contributed by atoms with Gasteiger partial charge in [0.25, 0.3) is 0 Å².